The van der Waals surface area contributed by atoms with Crippen molar-refractivity contribution in [2.75, 3.05) is 18.8 Å². The van der Waals surface area contributed by atoms with Crippen LogP contribution in [0.4, 0.5) is 16.2 Å². The largest absolute Gasteiger partial charge is 0.444 e. The van der Waals surface area contributed by atoms with Gasteiger partial charge in [0.25, 0.3) is 5.69 Å². The molecule has 15 heteroatoms. The molecule has 0 aliphatic heterocycles. The number of Topliss-reactive ketones (excluding diaryl/α,β-unsaturated/α-hetero) is 1. The van der Waals surface area contributed by atoms with Crippen LogP contribution in [-0.4, -0.2) is 65.3 Å². The molecule has 0 aromatic heterocycles. The Morgan fingerprint density at radius 2 is 1.75 bits per heavy atom. The van der Waals surface area contributed by atoms with Gasteiger partial charge in [0.05, 0.1) is 17.5 Å². The van der Waals surface area contributed by atoms with Crippen LogP contribution in [0.5, 0.6) is 0 Å². The predicted octanol–water partition coefficient (Wildman–Crippen LogP) is 1.16. The Bertz CT molecular complexity index is 1100. The number of carbonyl (C=O) groups excluding carboxylic acids is 4. The molecule has 0 fully saturated rings. The van der Waals surface area contributed by atoms with Crippen LogP contribution >= 0.6 is 0 Å². The van der Waals surface area contributed by atoms with Gasteiger partial charge in [-0.25, -0.2) is 4.79 Å². The third-order valence-corrected chi connectivity index (χ3v) is 5.29. The van der Waals surface area contributed by atoms with E-state index in [4.69, 9.17) is 21.6 Å². The Hall–Kier alpha value is -4.43. The van der Waals surface area contributed by atoms with Crippen molar-refractivity contribution in [1.29, 1.82) is 5.41 Å². The summed E-state index contributed by atoms with van der Waals surface area (Å²) in [5.74, 6) is -2.23. The van der Waals surface area contributed by atoms with E-state index < -0.39 is 52.8 Å². The Balaban J connectivity index is 2.98. The molecule has 3 amide bonds. The maximum absolute atomic E-state index is 13.3. The van der Waals surface area contributed by atoms with E-state index >= 15 is 0 Å². The van der Waals surface area contributed by atoms with Crippen LogP contribution in [-0.2, 0) is 14.3 Å². The van der Waals surface area contributed by atoms with Gasteiger partial charge in [0, 0.05) is 29.9 Å². The highest BCUT2D eigenvalue weighted by atomic mass is 16.6. The summed E-state index contributed by atoms with van der Waals surface area (Å²) in [4.78, 5) is 61.5. The number of ketones is 1. The van der Waals surface area contributed by atoms with Crippen LogP contribution in [0.25, 0.3) is 0 Å². The maximum atomic E-state index is 13.3. The summed E-state index contributed by atoms with van der Waals surface area (Å²) >= 11 is 0. The second-order valence-corrected chi connectivity index (χ2v) is 10.5. The van der Waals surface area contributed by atoms with Crippen LogP contribution in [0.3, 0.4) is 0 Å². The Morgan fingerprint density at radius 3 is 2.30 bits per heavy atom. The van der Waals surface area contributed by atoms with Crippen molar-refractivity contribution in [3.63, 3.8) is 0 Å². The summed E-state index contributed by atoms with van der Waals surface area (Å²) in [5.41, 5.74) is 9.90. The number of non-ortho nitro benzene ring substituents is 1. The van der Waals surface area contributed by atoms with Gasteiger partial charge in [-0.15, -0.1) is 0 Å². The number of alkyl carbamates (subject to hydrolysis) is 1. The van der Waals surface area contributed by atoms with Crippen molar-refractivity contribution in [2.45, 2.75) is 71.6 Å². The van der Waals surface area contributed by atoms with Gasteiger partial charge in [0.1, 0.15) is 11.6 Å². The summed E-state index contributed by atoms with van der Waals surface area (Å²) in [6.07, 6.45) is -0.120. The van der Waals surface area contributed by atoms with Gasteiger partial charge in [-0.2, -0.15) is 0 Å². The molecule has 2 unspecified atom stereocenters. The van der Waals surface area contributed by atoms with Crippen molar-refractivity contribution in [2.24, 2.45) is 11.7 Å². The van der Waals surface area contributed by atoms with E-state index in [1.807, 2.05) is 13.8 Å². The SMILES string of the molecule is CC(C)CC(NC(=O)OC(C)(C)C)C(=O)NCC(=O)NC(CCCNC(=N)N)C(=O)c1cc([N+](=O)[O-])ccc1N. The molecule has 0 saturated carbocycles. The third-order valence-electron chi connectivity index (χ3n) is 5.29. The normalized spacial score (nSPS) is 12.6. The average Bonchev–Trinajstić information content (AvgIpc) is 2.82. The number of rotatable bonds is 14. The number of hydrogen-bond donors (Lipinski definition) is 7. The van der Waals surface area contributed by atoms with Crippen LogP contribution in [0.1, 0.15) is 64.2 Å². The van der Waals surface area contributed by atoms with Gasteiger partial charge in [-0.1, -0.05) is 13.8 Å². The predicted molar refractivity (Wildman–Crippen MR) is 149 cm³/mol. The van der Waals surface area contributed by atoms with Crippen LogP contribution in [0, 0.1) is 21.4 Å². The number of hydrogen-bond acceptors (Lipinski definition) is 9. The first-order chi connectivity index (χ1) is 18.5. The fourth-order valence-corrected chi connectivity index (χ4v) is 3.55. The van der Waals surface area contributed by atoms with Crippen molar-refractivity contribution < 1.29 is 28.8 Å². The molecule has 1 rings (SSSR count). The monoisotopic (exact) mass is 564 g/mol. The topological polar surface area (TPSA) is 245 Å². The summed E-state index contributed by atoms with van der Waals surface area (Å²) < 4.78 is 5.22. The molecule has 1 aromatic rings. The number of nitrogens with one attached hydrogen (secondary N) is 5. The van der Waals surface area contributed by atoms with Gasteiger partial charge in [-0.05, 0) is 52.0 Å². The summed E-state index contributed by atoms with van der Waals surface area (Å²) in [5, 5.41) is 28.5. The lowest BCUT2D eigenvalue weighted by Gasteiger charge is -2.24. The lowest BCUT2D eigenvalue weighted by molar-refractivity contribution is -0.384. The molecule has 0 bridgehead atoms. The van der Waals surface area contributed by atoms with Gasteiger partial charge < -0.3 is 37.5 Å². The third kappa shape index (κ3) is 12.4. The van der Waals surface area contributed by atoms with Gasteiger partial charge >= 0.3 is 6.09 Å². The van der Waals surface area contributed by atoms with E-state index in [0.29, 0.717) is 6.42 Å². The molecule has 2 atom stereocenters. The number of anilines is 1. The number of nitrogen functional groups attached to an aromatic ring is 1. The molecule has 222 valence electrons. The first-order valence-corrected chi connectivity index (χ1v) is 12.7. The summed E-state index contributed by atoms with van der Waals surface area (Å²) in [6.45, 7) is 8.49. The van der Waals surface area contributed by atoms with E-state index in [0.717, 1.165) is 12.1 Å². The molecule has 15 nitrogen and oxygen atoms in total. The summed E-state index contributed by atoms with van der Waals surface area (Å²) in [6, 6.07) is 1.31. The van der Waals surface area contributed by atoms with E-state index in [1.54, 1.807) is 20.8 Å². The molecule has 0 aliphatic rings. The number of nitro groups is 1. The lowest BCUT2D eigenvalue weighted by atomic mass is 9.98. The second-order valence-electron chi connectivity index (χ2n) is 10.5. The molecule has 0 aliphatic carbocycles. The second kappa shape index (κ2) is 15.2. The van der Waals surface area contributed by atoms with Crippen molar-refractivity contribution in [3.8, 4) is 0 Å². The number of nitrogens with zero attached hydrogens (tertiary/aromatic N) is 1. The number of nitro benzene ring substituents is 1. The maximum Gasteiger partial charge on any atom is 0.408 e. The standard InChI is InChI=1S/C25H40N8O7/c1-14(2)11-19(32-24(37)40-25(3,4)5)22(36)30-13-20(34)31-18(7-6-10-29-23(27)28)21(35)16-12-15(33(38)39)8-9-17(16)26/h8-9,12,14,18-19H,6-7,10-11,13,26H2,1-5H3,(H,30,36)(H,31,34)(H,32,37)(H4,27,28,29). The van der Waals surface area contributed by atoms with E-state index in [-0.39, 0.29) is 48.2 Å². The van der Waals surface area contributed by atoms with Gasteiger partial charge in [0.2, 0.25) is 11.8 Å². The molecule has 1 aromatic carbocycles. The lowest BCUT2D eigenvalue weighted by Crippen LogP contribution is -2.51. The zero-order valence-corrected chi connectivity index (χ0v) is 23.5. The number of ether oxygens (including phenoxy) is 1. The number of amides is 3. The molecule has 0 heterocycles. The van der Waals surface area contributed by atoms with Crippen LogP contribution in [0.15, 0.2) is 18.2 Å². The molecule has 0 saturated heterocycles. The first kappa shape index (κ1) is 33.6. The highest BCUT2D eigenvalue weighted by Crippen LogP contribution is 2.22. The zero-order chi connectivity index (χ0) is 30.6. The smallest absolute Gasteiger partial charge is 0.408 e. The number of benzene rings is 1. The van der Waals surface area contributed by atoms with E-state index in [1.165, 1.54) is 6.07 Å². The molecular formula is C25H40N8O7. The molecule has 40 heavy (non-hydrogen) atoms. The highest BCUT2D eigenvalue weighted by Gasteiger charge is 2.28. The quantitative estimate of drug-likeness (QED) is 0.0323. The molecule has 0 spiro atoms. The number of nitrogens with two attached hydrogens (primary N) is 2. The minimum absolute atomic E-state index is 0.00485. The molecular weight excluding hydrogens is 524 g/mol. The fraction of sp³-hybridized carbons (Fsp3) is 0.560. The Morgan fingerprint density at radius 1 is 1.10 bits per heavy atom. The fourth-order valence-electron chi connectivity index (χ4n) is 3.55. The van der Waals surface area contributed by atoms with E-state index in [2.05, 4.69) is 21.3 Å². The molecule has 9 N–H and O–H groups in total. The Kier molecular flexibility index (Phi) is 12.8. The number of guanidine groups is 1. The van der Waals surface area contributed by atoms with Crippen molar-refractivity contribution in [3.05, 3.63) is 33.9 Å². The molecule has 0 radical (unpaired) electrons. The van der Waals surface area contributed by atoms with Crippen LogP contribution in [0.2, 0.25) is 0 Å². The van der Waals surface area contributed by atoms with E-state index in [9.17, 15) is 29.3 Å². The highest BCUT2D eigenvalue weighted by molar-refractivity contribution is 6.06. The Labute approximate surface area is 232 Å². The van der Waals surface area contributed by atoms with Crippen LogP contribution < -0.4 is 32.7 Å². The summed E-state index contributed by atoms with van der Waals surface area (Å²) in [7, 11) is 0. The van der Waals surface area contributed by atoms with Crippen molar-refractivity contribution >= 4 is 41.0 Å². The minimum atomic E-state index is -1.14. The average molecular weight is 565 g/mol. The zero-order valence-electron chi connectivity index (χ0n) is 23.5. The number of carbonyl (C=O) groups is 4. The van der Waals surface area contributed by atoms with Crippen molar-refractivity contribution in [1.82, 2.24) is 21.3 Å². The minimum Gasteiger partial charge on any atom is -0.444 e. The van der Waals surface area contributed by atoms with Gasteiger partial charge in [0.15, 0.2) is 11.7 Å². The van der Waals surface area contributed by atoms with Gasteiger partial charge in [-0.3, -0.25) is 29.9 Å². The first-order valence-electron chi connectivity index (χ1n) is 12.7.